The molecule has 0 spiro atoms. The van der Waals surface area contributed by atoms with Crippen LogP contribution in [0.25, 0.3) is 11.0 Å². The van der Waals surface area contributed by atoms with Crippen LogP contribution >= 0.6 is 15.9 Å². The Balaban J connectivity index is 1.44. The van der Waals surface area contributed by atoms with Crippen molar-refractivity contribution in [3.63, 3.8) is 0 Å². The Morgan fingerprint density at radius 2 is 1.96 bits per heavy atom. The lowest BCUT2D eigenvalue weighted by Crippen LogP contribution is -2.32. The largest absolute Gasteiger partial charge is 0.354 e. The predicted molar refractivity (Wildman–Crippen MR) is 110 cm³/mol. The van der Waals surface area contributed by atoms with Crippen molar-refractivity contribution in [2.45, 2.75) is 38.8 Å². The van der Waals surface area contributed by atoms with E-state index >= 15 is 0 Å². The van der Waals surface area contributed by atoms with Gasteiger partial charge in [-0.2, -0.15) is 5.10 Å². The molecule has 0 saturated heterocycles. The number of carbonyl (C=O) groups is 1. The van der Waals surface area contributed by atoms with Gasteiger partial charge in [0.2, 0.25) is 5.91 Å². The van der Waals surface area contributed by atoms with Gasteiger partial charge in [-0.05, 0) is 30.5 Å². The molecule has 0 atom stereocenters. The molecule has 8 heteroatoms. The van der Waals surface area contributed by atoms with Gasteiger partial charge in [-0.25, -0.2) is 9.67 Å². The maximum Gasteiger partial charge on any atom is 0.264 e. The van der Waals surface area contributed by atoms with E-state index in [0.717, 1.165) is 35.7 Å². The van der Waals surface area contributed by atoms with Crippen LogP contribution in [0.2, 0.25) is 0 Å². The third-order valence-corrected chi connectivity index (χ3v) is 5.77. The van der Waals surface area contributed by atoms with E-state index in [4.69, 9.17) is 0 Å². The highest BCUT2D eigenvalue weighted by atomic mass is 79.9. The van der Waals surface area contributed by atoms with Crippen LogP contribution in [0.15, 0.2) is 46.1 Å². The summed E-state index contributed by atoms with van der Waals surface area (Å²) < 4.78 is 4.26. The van der Waals surface area contributed by atoms with Crippen molar-refractivity contribution in [2.24, 2.45) is 5.92 Å². The summed E-state index contributed by atoms with van der Waals surface area (Å²) in [6.45, 7) is 1.43. The minimum absolute atomic E-state index is 0.117. The lowest BCUT2D eigenvalue weighted by Gasteiger charge is -2.10. The third kappa shape index (κ3) is 4.01. The molecule has 1 N–H and O–H groups in total. The number of nitrogens with zero attached hydrogens (tertiary/aromatic N) is 4. The zero-order chi connectivity index (χ0) is 19.5. The summed E-state index contributed by atoms with van der Waals surface area (Å²) in [7, 11) is 0. The van der Waals surface area contributed by atoms with E-state index in [1.807, 2.05) is 24.3 Å². The van der Waals surface area contributed by atoms with Crippen molar-refractivity contribution in [1.29, 1.82) is 0 Å². The molecule has 0 radical (unpaired) electrons. The molecule has 0 unspecified atom stereocenters. The summed E-state index contributed by atoms with van der Waals surface area (Å²) in [5.41, 5.74) is 1.45. The van der Waals surface area contributed by atoms with Gasteiger partial charge in [0.25, 0.3) is 5.56 Å². The Kier molecular flexibility index (Phi) is 5.57. The number of aromatic nitrogens is 4. The quantitative estimate of drug-likeness (QED) is 0.634. The van der Waals surface area contributed by atoms with Crippen LogP contribution in [0.4, 0.5) is 0 Å². The molecule has 146 valence electrons. The molecule has 0 bridgehead atoms. The molecule has 0 aliphatic heterocycles. The summed E-state index contributed by atoms with van der Waals surface area (Å²) in [5, 5.41) is 7.76. The van der Waals surface area contributed by atoms with E-state index in [1.165, 1.54) is 0 Å². The van der Waals surface area contributed by atoms with Crippen LogP contribution in [0.1, 0.15) is 31.2 Å². The van der Waals surface area contributed by atoms with E-state index in [1.54, 1.807) is 21.8 Å². The van der Waals surface area contributed by atoms with Gasteiger partial charge in [-0.15, -0.1) is 0 Å². The number of rotatable bonds is 6. The number of hydrogen-bond acceptors (Lipinski definition) is 4. The number of amides is 1. The zero-order valence-electron chi connectivity index (χ0n) is 15.5. The molecule has 1 amide bonds. The molecule has 1 aromatic carbocycles. The first kappa shape index (κ1) is 18.9. The molecule has 1 fully saturated rings. The average molecular weight is 444 g/mol. The van der Waals surface area contributed by atoms with Gasteiger partial charge in [0.15, 0.2) is 5.65 Å². The number of nitrogens with one attached hydrogen (secondary N) is 1. The van der Waals surface area contributed by atoms with Gasteiger partial charge in [-0.1, -0.05) is 40.9 Å². The molecule has 2 aromatic heterocycles. The Labute approximate surface area is 170 Å². The fourth-order valence-electron chi connectivity index (χ4n) is 3.68. The molecule has 1 saturated carbocycles. The van der Waals surface area contributed by atoms with Gasteiger partial charge >= 0.3 is 0 Å². The SMILES string of the molecule is O=C(NCCn1ncc2c(=O)n(Cc3ccc(Br)cc3)cnc21)C1CCCC1. The normalized spacial score (nSPS) is 14.6. The number of halogens is 1. The van der Waals surface area contributed by atoms with Crippen molar-refractivity contribution < 1.29 is 4.79 Å². The van der Waals surface area contributed by atoms with E-state index in [0.29, 0.717) is 30.7 Å². The first-order valence-electron chi connectivity index (χ1n) is 9.55. The third-order valence-electron chi connectivity index (χ3n) is 5.24. The van der Waals surface area contributed by atoms with Gasteiger partial charge in [0.1, 0.15) is 11.7 Å². The van der Waals surface area contributed by atoms with Crippen molar-refractivity contribution in [3.8, 4) is 0 Å². The standard InChI is InChI=1S/C20H22BrN5O2/c21-16-7-5-14(6-8-16)12-25-13-23-18-17(20(25)28)11-24-26(18)10-9-22-19(27)15-3-1-2-4-15/h5-8,11,13,15H,1-4,9-10,12H2,(H,22,27). The van der Waals surface area contributed by atoms with Crippen LogP contribution in [0.5, 0.6) is 0 Å². The van der Waals surface area contributed by atoms with Crippen molar-refractivity contribution >= 4 is 32.9 Å². The molecule has 1 aliphatic carbocycles. The summed E-state index contributed by atoms with van der Waals surface area (Å²) in [6, 6.07) is 7.84. The van der Waals surface area contributed by atoms with Crippen molar-refractivity contribution in [1.82, 2.24) is 24.6 Å². The molecule has 3 aromatic rings. The molecule has 2 heterocycles. The Morgan fingerprint density at radius 1 is 1.21 bits per heavy atom. The topological polar surface area (TPSA) is 81.8 Å². The highest BCUT2D eigenvalue weighted by Gasteiger charge is 2.22. The second-order valence-electron chi connectivity index (χ2n) is 7.18. The van der Waals surface area contributed by atoms with E-state index in [9.17, 15) is 9.59 Å². The Bertz CT molecular complexity index is 1030. The summed E-state index contributed by atoms with van der Waals surface area (Å²) in [5.74, 6) is 0.275. The van der Waals surface area contributed by atoms with Gasteiger partial charge in [-0.3, -0.25) is 14.2 Å². The molecule has 4 rings (SSSR count). The molecule has 7 nitrogen and oxygen atoms in total. The number of hydrogen-bond donors (Lipinski definition) is 1. The second kappa shape index (κ2) is 8.26. The molecule has 1 aliphatic rings. The smallest absolute Gasteiger partial charge is 0.264 e. The highest BCUT2D eigenvalue weighted by molar-refractivity contribution is 9.10. The van der Waals surface area contributed by atoms with Crippen LogP contribution in [-0.4, -0.2) is 31.8 Å². The summed E-state index contributed by atoms with van der Waals surface area (Å²) in [4.78, 5) is 29.3. The number of benzene rings is 1. The van der Waals surface area contributed by atoms with E-state index < -0.39 is 0 Å². The van der Waals surface area contributed by atoms with E-state index in [-0.39, 0.29) is 17.4 Å². The zero-order valence-corrected chi connectivity index (χ0v) is 17.1. The Morgan fingerprint density at radius 3 is 2.71 bits per heavy atom. The fraction of sp³-hybridized carbons (Fsp3) is 0.400. The summed E-state index contributed by atoms with van der Waals surface area (Å²) in [6.07, 6.45) is 7.35. The van der Waals surface area contributed by atoms with Gasteiger partial charge in [0.05, 0.1) is 19.3 Å². The van der Waals surface area contributed by atoms with Gasteiger partial charge < -0.3 is 5.32 Å². The second-order valence-corrected chi connectivity index (χ2v) is 8.10. The lowest BCUT2D eigenvalue weighted by molar-refractivity contribution is -0.124. The van der Waals surface area contributed by atoms with E-state index in [2.05, 4.69) is 31.3 Å². The van der Waals surface area contributed by atoms with Crippen LogP contribution in [0, 0.1) is 5.92 Å². The minimum Gasteiger partial charge on any atom is -0.354 e. The van der Waals surface area contributed by atoms with Crippen LogP contribution < -0.4 is 10.9 Å². The molecule has 28 heavy (non-hydrogen) atoms. The van der Waals surface area contributed by atoms with Crippen molar-refractivity contribution in [3.05, 3.63) is 57.2 Å². The van der Waals surface area contributed by atoms with Crippen LogP contribution in [0.3, 0.4) is 0 Å². The monoisotopic (exact) mass is 443 g/mol. The van der Waals surface area contributed by atoms with Crippen LogP contribution in [-0.2, 0) is 17.9 Å². The van der Waals surface area contributed by atoms with Gasteiger partial charge in [0, 0.05) is 16.9 Å². The summed E-state index contributed by atoms with van der Waals surface area (Å²) >= 11 is 3.41. The number of carbonyl (C=O) groups excluding carboxylic acids is 1. The van der Waals surface area contributed by atoms with Crippen molar-refractivity contribution in [2.75, 3.05) is 6.54 Å². The Hall–Kier alpha value is -2.48. The molecular weight excluding hydrogens is 422 g/mol. The number of fused-ring (bicyclic) bond motifs is 1. The lowest BCUT2D eigenvalue weighted by atomic mass is 10.1. The minimum atomic E-state index is -0.117. The average Bonchev–Trinajstić information content (AvgIpc) is 3.36. The first-order valence-corrected chi connectivity index (χ1v) is 10.3. The molecular formula is C20H22BrN5O2. The maximum absolute atomic E-state index is 12.8. The fourth-order valence-corrected chi connectivity index (χ4v) is 3.94. The highest BCUT2D eigenvalue weighted by Crippen LogP contribution is 2.24. The first-order chi connectivity index (χ1) is 13.6. The maximum atomic E-state index is 12.8. The predicted octanol–water partition coefficient (Wildman–Crippen LogP) is 2.71.